The van der Waals surface area contributed by atoms with Gasteiger partial charge < -0.3 is 9.80 Å². The highest BCUT2D eigenvalue weighted by atomic mass is 32.1. The molecule has 0 aliphatic carbocycles. The van der Waals surface area contributed by atoms with Gasteiger partial charge in [0.25, 0.3) is 0 Å². The van der Waals surface area contributed by atoms with Gasteiger partial charge in [0.2, 0.25) is 5.91 Å². The first-order chi connectivity index (χ1) is 13.1. The number of rotatable bonds is 3. The second-order valence-electron chi connectivity index (χ2n) is 8.13. The first-order valence-electron chi connectivity index (χ1n) is 10.0. The average molecular weight is 384 g/mol. The molecule has 2 saturated heterocycles. The van der Waals surface area contributed by atoms with Gasteiger partial charge in [-0.3, -0.25) is 4.79 Å². The highest BCUT2D eigenvalue weighted by molar-refractivity contribution is 7.09. The van der Waals surface area contributed by atoms with E-state index in [1.165, 1.54) is 11.3 Å². The largest absolute Gasteiger partial charge is 0.342 e. The Hall–Kier alpha value is -1.72. The summed E-state index contributed by atoms with van der Waals surface area (Å²) < 4.78 is 0. The number of nitrogens with zero attached hydrogens (tertiary/aromatic N) is 3. The molecule has 27 heavy (non-hydrogen) atoms. The van der Waals surface area contributed by atoms with Crippen LogP contribution in [0.5, 0.6) is 0 Å². The number of hydrogen-bond acceptors (Lipinski definition) is 4. The van der Waals surface area contributed by atoms with Gasteiger partial charge in [0, 0.05) is 30.4 Å². The molecule has 0 radical (unpaired) electrons. The number of hydrogen-bond donors (Lipinski definition) is 0. The van der Waals surface area contributed by atoms with Gasteiger partial charge in [-0.15, -0.1) is 11.3 Å². The number of carbonyl (C=O) groups is 1. The van der Waals surface area contributed by atoms with Crippen LogP contribution in [0.4, 0.5) is 0 Å². The van der Waals surface area contributed by atoms with Crippen molar-refractivity contribution in [3.8, 4) is 0 Å². The highest BCUT2D eigenvalue weighted by Crippen LogP contribution is 2.42. The molecule has 4 nitrogen and oxygen atoms in total. The van der Waals surface area contributed by atoms with Crippen molar-refractivity contribution >= 4 is 17.2 Å². The van der Waals surface area contributed by atoms with Crippen molar-refractivity contribution in [3.05, 3.63) is 52.0 Å². The zero-order chi connectivity index (χ0) is 18.9. The zero-order valence-electron chi connectivity index (χ0n) is 16.4. The number of benzene rings is 1. The molecule has 1 amide bonds. The van der Waals surface area contributed by atoms with Crippen LogP contribution in [0.25, 0.3) is 0 Å². The maximum absolute atomic E-state index is 13.1. The lowest BCUT2D eigenvalue weighted by atomic mass is 9.70. The van der Waals surface area contributed by atoms with Gasteiger partial charge in [-0.1, -0.05) is 30.3 Å². The fourth-order valence-electron chi connectivity index (χ4n) is 4.77. The smallest absolute Gasteiger partial charge is 0.226 e. The average Bonchev–Trinajstić information content (AvgIpc) is 3.15. The first-order valence-corrected chi connectivity index (χ1v) is 10.9. The molecule has 3 heterocycles. The van der Waals surface area contributed by atoms with Crippen molar-refractivity contribution in [2.24, 2.45) is 5.92 Å². The highest BCUT2D eigenvalue weighted by Gasteiger charge is 2.41. The molecule has 4 rings (SSSR count). The van der Waals surface area contributed by atoms with Crippen LogP contribution in [0.1, 0.15) is 41.9 Å². The van der Waals surface area contributed by atoms with Gasteiger partial charge in [-0.25, -0.2) is 4.98 Å². The molecule has 0 saturated carbocycles. The second kappa shape index (κ2) is 7.72. The fourth-order valence-corrected chi connectivity index (χ4v) is 5.48. The number of carbonyl (C=O) groups excluding carboxylic acids is 1. The lowest BCUT2D eigenvalue weighted by molar-refractivity contribution is -0.138. The molecule has 5 heteroatoms. The first kappa shape index (κ1) is 18.6. The molecule has 144 valence electrons. The van der Waals surface area contributed by atoms with E-state index in [2.05, 4.69) is 59.5 Å². The second-order valence-corrected chi connectivity index (χ2v) is 9.19. The third-order valence-electron chi connectivity index (χ3n) is 6.34. The van der Waals surface area contributed by atoms with Crippen LogP contribution in [0.2, 0.25) is 0 Å². The standard InChI is InChI=1S/C22H29N3OS/c1-17-23-20(16-27-17)22(19-8-4-3-5-9-19)10-13-25(14-11-22)21(26)18-7-6-12-24(2)15-18/h3-5,8-9,16,18H,6-7,10-15H2,1-2H3. The summed E-state index contributed by atoms with van der Waals surface area (Å²) in [7, 11) is 2.13. The minimum Gasteiger partial charge on any atom is -0.342 e. The molecule has 0 N–H and O–H groups in total. The molecule has 0 bridgehead atoms. The monoisotopic (exact) mass is 383 g/mol. The van der Waals surface area contributed by atoms with E-state index in [0.29, 0.717) is 5.91 Å². The van der Waals surface area contributed by atoms with Crippen molar-refractivity contribution < 1.29 is 4.79 Å². The molecular formula is C22H29N3OS. The van der Waals surface area contributed by atoms with E-state index in [1.807, 2.05) is 0 Å². The lowest BCUT2D eigenvalue weighted by Crippen LogP contribution is -2.50. The van der Waals surface area contributed by atoms with Gasteiger partial charge in [0.1, 0.15) is 0 Å². The van der Waals surface area contributed by atoms with Crippen LogP contribution >= 0.6 is 11.3 Å². The van der Waals surface area contributed by atoms with Crippen LogP contribution in [0.3, 0.4) is 0 Å². The topological polar surface area (TPSA) is 36.4 Å². The van der Waals surface area contributed by atoms with Crippen LogP contribution in [-0.4, -0.2) is 53.9 Å². The molecule has 2 aliphatic heterocycles. The van der Waals surface area contributed by atoms with Gasteiger partial charge in [-0.2, -0.15) is 0 Å². The van der Waals surface area contributed by atoms with Crippen molar-refractivity contribution in [3.63, 3.8) is 0 Å². The van der Waals surface area contributed by atoms with E-state index in [9.17, 15) is 4.79 Å². The van der Waals surface area contributed by atoms with Crippen molar-refractivity contribution in [2.75, 3.05) is 33.2 Å². The number of thiazole rings is 1. The van der Waals surface area contributed by atoms with E-state index in [4.69, 9.17) is 4.98 Å². The summed E-state index contributed by atoms with van der Waals surface area (Å²) in [6, 6.07) is 10.8. The third-order valence-corrected chi connectivity index (χ3v) is 7.11. The predicted molar refractivity (Wildman–Crippen MR) is 110 cm³/mol. The normalized spacial score (nSPS) is 23.3. The minimum atomic E-state index is -0.0633. The zero-order valence-corrected chi connectivity index (χ0v) is 17.2. The van der Waals surface area contributed by atoms with Crippen molar-refractivity contribution in [1.29, 1.82) is 0 Å². The van der Waals surface area contributed by atoms with Gasteiger partial charge in [-0.05, 0) is 51.8 Å². The number of piperidine rings is 2. The van der Waals surface area contributed by atoms with E-state index in [-0.39, 0.29) is 11.3 Å². The Balaban J connectivity index is 1.54. The number of aryl methyl sites for hydroxylation is 1. The molecule has 1 atom stereocenters. The molecule has 2 aromatic rings. The Morgan fingerprint density at radius 3 is 2.56 bits per heavy atom. The van der Waals surface area contributed by atoms with E-state index < -0.39 is 0 Å². The lowest BCUT2D eigenvalue weighted by Gasteiger charge is -2.43. The number of amides is 1. The molecule has 2 aliphatic rings. The maximum atomic E-state index is 13.1. The van der Waals surface area contributed by atoms with Gasteiger partial charge in [0.05, 0.1) is 16.6 Å². The molecule has 1 aromatic heterocycles. The summed E-state index contributed by atoms with van der Waals surface area (Å²) in [5, 5.41) is 3.33. The minimum absolute atomic E-state index is 0.0633. The quantitative estimate of drug-likeness (QED) is 0.811. The number of aromatic nitrogens is 1. The maximum Gasteiger partial charge on any atom is 0.226 e. The van der Waals surface area contributed by atoms with Crippen LogP contribution in [0, 0.1) is 12.8 Å². The predicted octanol–water partition coefficient (Wildman–Crippen LogP) is 3.70. The van der Waals surface area contributed by atoms with Crippen LogP contribution in [0.15, 0.2) is 35.7 Å². The van der Waals surface area contributed by atoms with E-state index in [0.717, 1.165) is 56.9 Å². The van der Waals surface area contributed by atoms with E-state index in [1.54, 1.807) is 11.3 Å². The fraction of sp³-hybridized carbons (Fsp3) is 0.545. The Labute approximate surface area is 166 Å². The molecular weight excluding hydrogens is 354 g/mol. The summed E-state index contributed by atoms with van der Waals surface area (Å²) in [4.78, 5) is 22.3. The Morgan fingerprint density at radius 1 is 1.19 bits per heavy atom. The molecule has 0 spiro atoms. The third kappa shape index (κ3) is 3.67. The van der Waals surface area contributed by atoms with Crippen molar-refractivity contribution in [1.82, 2.24) is 14.8 Å². The summed E-state index contributed by atoms with van der Waals surface area (Å²) >= 11 is 1.72. The number of likely N-dealkylation sites (tertiary alicyclic amines) is 2. The summed E-state index contributed by atoms with van der Waals surface area (Å²) in [6.45, 7) is 5.74. The van der Waals surface area contributed by atoms with Crippen LogP contribution < -0.4 is 0 Å². The summed E-state index contributed by atoms with van der Waals surface area (Å²) in [5.41, 5.74) is 2.45. The summed E-state index contributed by atoms with van der Waals surface area (Å²) in [5.74, 6) is 0.534. The SMILES string of the molecule is Cc1nc(C2(c3ccccc3)CCN(C(=O)C3CCCN(C)C3)CC2)cs1. The van der Waals surface area contributed by atoms with Crippen LogP contribution in [-0.2, 0) is 10.2 Å². The van der Waals surface area contributed by atoms with Crippen molar-refractivity contribution in [2.45, 2.75) is 38.0 Å². The Kier molecular flexibility index (Phi) is 5.33. The van der Waals surface area contributed by atoms with Gasteiger partial charge in [0.15, 0.2) is 0 Å². The Morgan fingerprint density at radius 2 is 1.93 bits per heavy atom. The molecule has 1 unspecified atom stereocenters. The Bertz CT molecular complexity index is 780. The molecule has 1 aromatic carbocycles. The molecule has 2 fully saturated rings. The summed E-state index contributed by atoms with van der Waals surface area (Å²) in [6.07, 6.45) is 4.07. The van der Waals surface area contributed by atoms with E-state index >= 15 is 0 Å². The van der Waals surface area contributed by atoms with Gasteiger partial charge >= 0.3 is 0 Å².